The number of hydrogen-bond acceptors (Lipinski definition) is 6. The minimum atomic E-state index is -0.663. The maximum atomic E-state index is 11.9. The highest BCUT2D eigenvalue weighted by Gasteiger charge is 2.25. The molecule has 0 bridgehead atoms. The predicted molar refractivity (Wildman–Crippen MR) is 68.3 cm³/mol. The van der Waals surface area contributed by atoms with Gasteiger partial charge in [-0.1, -0.05) is 16.7 Å². The molecule has 20 heavy (non-hydrogen) atoms. The van der Waals surface area contributed by atoms with Crippen molar-refractivity contribution in [3.05, 3.63) is 40.7 Å². The van der Waals surface area contributed by atoms with E-state index in [1.165, 1.54) is 0 Å². The van der Waals surface area contributed by atoms with E-state index in [4.69, 9.17) is 25.5 Å². The Kier molecular flexibility index (Phi) is 3.64. The number of anilines is 1. The maximum Gasteiger partial charge on any atom is 0.322 e. The number of nitrogens with one attached hydrogen (secondary N) is 1. The highest BCUT2D eigenvalue weighted by molar-refractivity contribution is 6.30. The molecule has 1 aliphatic heterocycles. The first-order valence-electron chi connectivity index (χ1n) is 5.86. The second kappa shape index (κ2) is 5.58. The first-order chi connectivity index (χ1) is 9.72. The van der Waals surface area contributed by atoms with E-state index < -0.39 is 6.29 Å². The summed E-state index contributed by atoms with van der Waals surface area (Å²) in [5.74, 6) is -0.195. The molecule has 7 nitrogen and oxygen atoms in total. The molecule has 0 unspecified atom stereocenters. The van der Waals surface area contributed by atoms with Gasteiger partial charge in [0.1, 0.15) is 0 Å². The van der Waals surface area contributed by atoms with Crippen molar-refractivity contribution in [2.45, 2.75) is 6.29 Å². The molecule has 0 radical (unpaired) electrons. The zero-order valence-corrected chi connectivity index (χ0v) is 11.0. The van der Waals surface area contributed by atoms with E-state index in [1.807, 2.05) is 0 Å². The van der Waals surface area contributed by atoms with Crippen LogP contribution >= 0.6 is 11.6 Å². The van der Waals surface area contributed by atoms with Gasteiger partial charge in [-0.3, -0.25) is 10.1 Å². The van der Waals surface area contributed by atoms with Gasteiger partial charge in [0.2, 0.25) is 6.29 Å². The average Bonchev–Trinajstić information content (AvgIpc) is 3.09. The van der Waals surface area contributed by atoms with Crippen LogP contribution in [0.4, 0.5) is 6.01 Å². The Balaban J connectivity index is 1.68. The number of aromatic nitrogens is 2. The van der Waals surface area contributed by atoms with Gasteiger partial charge in [-0.15, -0.1) is 5.10 Å². The Morgan fingerprint density at radius 1 is 1.20 bits per heavy atom. The maximum absolute atomic E-state index is 11.9. The van der Waals surface area contributed by atoms with Gasteiger partial charge >= 0.3 is 6.01 Å². The number of halogens is 1. The summed E-state index contributed by atoms with van der Waals surface area (Å²) in [5, 5.41) is 10.5. The molecule has 2 heterocycles. The topological polar surface area (TPSA) is 86.5 Å². The Morgan fingerprint density at radius 2 is 1.90 bits per heavy atom. The predicted octanol–water partition coefficient (Wildman–Crippen LogP) is 2.02. The van der Waals surface area contributed by atoms with Gasteiger partial charge in [-0.2, -0.15) is 0 Å². The van der Waals surface area contributed by atoms with Crippen molar-refractivity contribution in [1.29, 1.82) is 0 Å². The Morgan fingerprint density at radius 3 is 2.60 bits per heavy atom. The van der Waals surface area contributed by atoms with E-state index in [0.29, 0.717) is 23.8 Å². The van der Waals surface area contributed by atoms with E-state index in [0.717, 1.165) is 0 Å². The number of amides is 1. The summed E-state index contributed by atoms with van der Waals surface area (Å²) < 4.78 is 15.7. The van der Waals surface area contributed by atoms with Gasteiger partial charge in [0.25, 0.3) is 11.8 Å². The van der Waals surface area contributed by atoms with Crippen molar-refractivity contribution >= 4 is 23.5 Å². The fourth-order valence-electron chi connectivity index (χ4n) is 1.65. The highest BCUT2D eigenvalue weighted by atomic mass is 35.5. The van der Waals surface area contributed by atoms with E-state index in [-0.39, 0.29) is 17.8 Å². The van der Waals surface area contributed by atoms with E-state index in [1.54, 1.807) is 24.3 Å². The van der Waals surface area contributed by atoms with Gasteiger partial charge < -0.3 is 13.9 Å². The molecular formula is C12H10ClN3O4. The van der Waals surface area contributed by atoms with Crippen molar-refractivity contribution in [3.63, 3.8) is 0 Å². The molecule has 0 spiro atoms. The third kappa shape index (κ3) is 2.79. The number of hydrogen-bond donors (Lipinski definition) is 1. The molecule has 1 aliphatic rings. The summed E-state index contributed by atoms with van der Waals surface area (Å²) in [6.07, 6.45) is -0.663. The van der Waals surface area contributed by atoms with Crippen LogP contribution in [-0.4, -0.2) is 29.3 Å². The van der Waals surface area contributed by atoms with Crippen LogP contribution in [0, 0.1) is 0 Å². The molecule has 1 N–H and O–H groups in total. The van der Waals surface area contributed by atoms with E-state index >= 15 is 0 Å². The summed E-state index contributed by atoms with van der Waals surface area (Å²) in [4.78, 5) is 11.9. The van der Waals surface area contributed by atoms with Crippen LogP contribution in [0.1, 0.15) is 22.5 Å². The summed E-state index contributed by atoms with van der Waals surface area (Å²) in [6, 6.07) is 6.42. The molecule has 0 saturated carbocycles. The van der Waals surface area contributed by atoms with Gasteiger partial charge in [-0.05, 0) is 24.3 Å². The minimum absolute atomic E-state index is 0.0148. The standard InChI is InChI=1S/C12H10ClN3O4/c13-8-3-1-7(2-4-8)9(17)14-12-16-15-10(20-12)11-18-5-6-19-11/h1-4,11H,5-6H2,(H,14,16,17). The number of ether oxygens (including phenoxy) is 2. The Hall–Kier alpha value is -1.96. The van der Waals surface area contributed by atoms with Crippen molar-refractivity contribution in [2.24, 2.45) is 0 Å². The van der Waals surface area contributed by atoms with Crippen molar-refractivity contribution in [2.75, 3.05) is 18.5 Å². The first-order valence-corrected chi connectivity index (χ1v) is 6.24. The number of rotatable bonds is 3. The van der Waals surface area contributed by atoms with Crippen LogP contribution in [0.15, 0.2) is 28.7 Å². The molecule has 8 heteroatoms. The van der Waals surface area contributed by atoms with Crippen molar-refractivity contribution in [3.8, 4) is 0 Å². The largest absolute Gasteiger partial charge is 0.402 e. The van der Waals surface area contributed by atoms with Crippen LogP contribution in [0.3, 0.4) is 0 Å². The second-order valence-corrected chi connectivity index (χ2v) is 4.42. The number of carbonyl (C=O) groups is 1. The molecule has 0 aliphatic carbocycles. The third-order valence-electron chi connectivity index (χ3n) is 2.59. The normalized spacial score (nSPS) is 15.4. The molecule has 0 atom stereocenters. The molecular weight excluding hydrogens is 286 g/mol. The van der Waals surface area contributed by atoms with Crippen LogP contribution < -0.4 is 5.32 Å². The molecule has 104 valence electrons. The zero-order valence-electron chi connectivity index (χ0n) is 10.2. The van der Waals surface area contributed by atoms with Crippen LogP contribution in [0.5, 0.6) is 0 Å². The van der Waals surface area contributed by atoms with Crippen molar-refractivity contribution in [1.82, 2.24) is 10.2 Å². The molecule has 1 fully saturated rings. The lowest BCUT2D eigenvalue weighted by Gasteiger charge is -2.02. The second-order valence-electron chi connectivity index (χ2n) is 3.98. The fourth-order valence-corrected chi connectivity index (χ4v) is 1.78. The van der Waals surface area contributed by atoms with E-state index in [2.05, 4.69) is 15.5 Å². The average molecular weight is 296 g/mol. The van der Waals surface area contributed by atoms with Crippen LogP contribution in [0.2, 0.25) is 5.02 Å². The molecule has 1 amide bonds. The smallest absolute Gasteiger partial charge is 0.322 e. The lowest BCUT2D eigenvalue weighted by Crippen LogP contribution is -2.11. The summed E-state index contributed by atoms with van der Waals surface area (Å²) >= 11 is 5.75. The molecule has 2 aromatic rings. The monoisotopic (exact) mass is 295 g/mol. The number of nitrogens with zero attached hydrogens (tertiary/aromatic N) is 2. The Bertz CT molecular complexity index is 607. The van der Waals surface area contributed by atoms with Gasteiger partial charge in [-0.25, -0.2) is 0 Å². The van der Waals surface area contributed by atoms with Gasteiger partial charge in [0.15, 0.2) is 0 Å². The lowest BCUT2D eigenvalue weighted by molar-refractivity contribution is -0.0624. The summed E-state index contributed by atoms with van der Waals surface area (Å²) in [7, 11) is 0. The number of benzene rings is 1. The molecule has 1 aromatic carbocycles. The zero-order chi connectivity index (χ0) is 13.9. The third-order valence-corrected chi connectivity index (χ3v) is 2.84. The van der Waals surface area contributed by atoms with Gasteiger partial charge in [0.05, 0.1) is 13.2 Å². The highest BCUT2D eigenvalue weighted by Crippen LogP contribution is 2.23. The lowest BCUT2D eigenvalue weighted by atomic mass is 10.2. The first kappa shape index (κ1) is 13.0. The Labute approximate surface area is 118 Å². The summed E-state index contributed by atoms with van der Waals surface area (Å²) in [5.41, 5.74) is 0.433. The molecule has 3 rings (SSSR count). The van der Waals surface area contributed by atoms with Crippen molar-refractivity contribution < 1.29 is 18.7 Å². The van der Waals surface area contributed by atoms with E-state index in [9.17, 15) is 4.79 Å². The summed E-state index contributed by atoms with van der Waals surface area (Å²) in [6.45, 7) is 0.943. The quantitative estimate of drug-likeness (QED) is 0.932. The fraction of sp³-hybridized carbons (Fsp3) is 0.250. The molecule has 1 aromatic heterocycles. The molecule has 1 saturated heterocycles. The van der Waals surface area contributed by atoms with Crippen LogP contribution in [-0.2, 0) is 9.47 Å². The van der Waals surface area contributed by atoms with Gasteiger partial charge in [0, 0.05) is 10.6 Å². The van der Waals surface area contributed by atoms with Crippen LogP contribution in [0.25, 0.3) is 0 Å². The minimum Gasteiger partial charge on any atom is -0.402 e. The number of carbonyl (C=O) groups excluding carboxylic acids is 1. The SMILES string of the molecule is O=C(Nc1nnc(C2OCCO2)o1)c1ccc(Cl)cc1.